The number of H-pyrrole nitrogens is 1. The molecule has 134 valence electrons. The molecule has 0 saturated carbocycles. The Labute approximate surface area is 152 Å². The quantitative estimate of drug-likeness (QED) is 0.724. The molecule has 0 fully saturated rings. The van der Waals surface area contributed by atoms with Crippen molar-refractivity contribution in [2.75, 3.05) is 11.1 Å². The van der Waals surface area contributed by atoms with Crippen LogP contribution in [0, 0.1) is 0 Å². The molecule has 0 saturated heterocycles. The summed E-state index contributed by atoms with van der Waals surface area (Å²) in [7, 11) is -3.47. The highest BCUT2D eigenvalue weighted by atomic mass is 32.2. The normalized spacial score (nSPS) is 13.7. The van der Waals surface area contributed by atoms with Gasteiger partial charge >= 0.3 is 0 Å². The van der Waals surface area contributed by atoms with Crippen LogP contribution in [-0.2, 0) is 27.5 Å². The number of aryl methyl sites for hydroxylation is 2. The van der Waals surface area contributed by atoms with E-state index in [0.717, 1.165) is 35.7 Å². The highest BCUT2D eigenvalue weighted by Crippen LogP contribution is 2.26. The Balaban J connectivity index is 1.44. The van der Waals surface area contributed by atoms with Crippen LogP contribution >= 0.6 is 0 Å². The summed E-state index contributed by atoms with van der Waals surface area (Å²) in [5.41, 5.74) is 3.97. The maximum atomic E-state index is 12.6. The summed E-state index contributed by atoms with van der Waals surface area (Å²) in [5.74, 6) is -0.496. The fourth-order valence-corrected chi connectivity index (χ4v) is 4.78. The van der Waals surface area contributed by atoms with Crippen molar-refractivity contribution in [1.29, 1.82) is 0 Å². The molecular weight excluding hydrogens is 348 g/mol. The second kappa shape index (κ2) is 6.61. The number of nitrogens with one attached hydrogen (secondary N) is 2. The van der Waals surface area contributed by atoms with Gasteiger partial charge in [-0.15, -0.1) is 0 Å². The summed E-state index contributed by atoms with van der Waals surface area (Å²) in [6.45, 7) is 0. The molecule has 2 aromatic carbocycles. The van der Waals surface area contributed by atoms with Crippen LogP contribution in [-0.4, -0.2) is 25.1 Å². The van der Waals surface area contributed by atoms with Crippen LogP contribution in [0.2, 0.25) is 0 Å². The molecule has 0 spiro atoms. The molecule has 1 aliphatic carbocycles. The molecule has 1 amide bonds. The molecule has 0 atom stereocenters. The number of amides is 1. The van der Waals surface area contributed by atoms with E-state index in [2.05, 4.69) is 10.3 Å². The zero-order chi connectivity index (χ0) is 18.1. The van der Waals surface area contributed by atoms with E-state index in [1.54, 1.807) is 18.3 Å². The van der Waals surface area contributed by atoms with Gasteiger partial charge in [0.15, 0.2) is 9.84 Å². The number of rotatable bonds is 5. The molecule has 0 aliphatic heterocycles. The highest BCUT2D eigenvalue weighted by Gasteiger charge is 2.20. The van der Waals surface area contributed by atoms with Crippen LogP contribution in [0.4, 0.5) is 5.69 Å². The molecule has 1 aromatic heterocycles. The van der Waals surface area contributed by atoms with Crippen molar-refractivity contribution in [3.8, 4) is 0 Å². The number of sulfone groups is 1. The molecule has 1 aliphatic rings. The van der Waals surface area contributed by atoms with Gasteiger partial charge in [-0.25, -0.2) is 8.42 Å². The second-order valence-corrected chi connectivity index (χ2v) is 8.75. The lowest BCUT2D eigenvalue weighted by Crippen LogP contribution is -2.17. The molecule has 0 radical (unpaired) electrons. The van der Waals surface area contributed by atoms with Crippen molar-refractivity contribution in [3.63, 3.8) is 0 Å². The Morgan fingerprint density at radius 2 is 1.92 bits per heavy atom. The third-order valence-corrected chi connectivity index (χ3v) is 6.61. The number of hydrogen-bond donors (Lipinski definition) is 2. The van der Waals surface area contributed by atoms with Crippen molar-refractivity contribution < 1.29 is 13.2 Å². The van der Waals surface area contributed by atoms with Gasteiger partial charge in [-0.1, -0.05) is 12.1 Å². The van der Waals surface area contributed by atoms with E-state index < -0.39 is 9.84 Å². The first kappa shape index (κ1) is 16.8. The minimum absolute atomic E-state index is 0.0692. The molecule has 2 N–H and O–H groups in total. The molecule has 0 unspecified atom stereocenters. The van der Waals surface area contributed by atoms with Gasteiger partial charge in [-0.3, -0.25) is 4.79 Å². The summed E-state index contributed by atoms with van der Waals surface area (Å²) in [5, 5.41) is 3.72. The molecular formula is C20H20N2O3S. The van der Waals surface area contributed by atoms with E-state index in [9.17, 15) is 13.2 Å². The fourth-order valence-electron chi connectivity index (χ4n) is 3.49. The van der Waals surface area contributed by atoms with Crippen LogP contribution in [0.1, 0.15) is 24.0 Å². The van der Waals surface area contributed by atoms with Crippen LogP contribution in [0.5, 0.6) is 0 Å². The summed E-state index contributed by atoms with van der Waals surface area (Å²) in [6, 6.07) is 12.8. The molecule has 4 rings (SSSR count). The first-order chi connectivity index (χ1) is 12.5. The van der Waals surface area contributed by atoms with Crippen LogP contribution in [0.3, 0.4) is 0 Å². The molecule has 3 aromatic rings. The third-order valence-electron chi connectivity index (χ3n) is 4.90. The van der Waals surface area contributed by atoms with E-state index in [0.29, 0.717) is 10.6 Å². The zero-order valence-corrected chi connectivity index (χ0v) is 15.1. The number of carbonyl (C=O) groups is 1. The number of hydrogen-bond acceptors (Lipinski definition) is 3. The van der Waals surface area contributed by atoms with E-state index in [1.165, 1.54) is 5.56 Å². The lowest BCUT2D eigenvalue weighted by Gasteiger charge is -2.09. The largest absolute Gasteiger partial charge is 0.361 e. The molecule has 6 heteroatoms. The fraction of sp³-hybridized carbons (Fsp3) is 0.250. The van der Waals surface area contributed by atoms with Gasteiger partial charge in [0.05, 0.1) is 16.3 Å². The van der Waals surface area contributed by atoms with Gasteiger partial charge < -0.3 is 10.3 Å². The van der Waals surface area contributed by atoms with Crippen molar-refractivity contribution in [2.24, 2.45) is 0 Å². The number of benzene rings is 2. The Hall–Kier alpha value is -2.60. The topological polar surface area (TPSA) is 79.0 Å². The predicted molar refractivity (Wildman–Crippen MR) is 102 cm³/mol. The van der Waals surface area contributed by atoms with Crippen LogP contribution in [0.25, 0.3) is 10.9 Å². The Morgan fingerprint density at radius 3 is 2.81 bits per heavy atom. The molecule has 1 heterocycles. The highest BCUT2D eigenvalue weighted by molar-refractivity contribution is 7.91. The predicted octanol–water partition coefficient (Wildman–Crippen LogP) is 3.46. The molecule has 5 nitrogen and oxygen atoms in total. The van der Waals surface area contributed by atoms with Crippen molar-refractivity contribution in [2.45, 2.75) is 30.6 Å². The Morgan fingerprint density at radius 1 is 1.08 bits per heavy atom. The standard InChI is InChI=1S/C20H20N2O3S/c23-20(22-19-6-2-5-18-17(19)9-11-21-18)10-12-26(24,25)16-8-7-14-3-1-4-15(14)13-16/h2,5-9,11,13,21H,1,3-4,10,12H2,(H,22,23). The average molecular weight is 368 g/mol. The van der Waals surface area contributed by atoms with Crippen LogP contribution < -0.4 is 5.32 Å². The molecule has 26 heavy (non-hydrogen) atoms. The smallest absolute Gasteiger partial charge is 0.225 e. The van der Waals surface area contributed by atoms with E-state index >= 15 is 0 Å². The Kier molecular flexibility index (Phi) is 4.28. The number of carbonyl (C=O) groups excluding carboxylic acids is 1. The zero-order valence-electron chi connectivity index (χ0n) is 14.3. The van der Waals surface area contributed by atoms with Crippen molar-refractivity contribution in [1.82, 2.24) is 4.98 Å². The number of aromatic nitrogens is 1. The average Bonchev–Trinajstić information content (AvgIpc) is 3.29. The van der Waals surface area contributed by atoms with Crippen LogP contribution in [0.15, 0.2) is 53.6 Å². The lowest BCUT2D eigenvalue weighted by molar-refractivity contribution is -0.115. The van der Waals surface area contributed by atoms with Crippen molar-refractivity contribution >= 4 is 32.3 Å². The van der Waals surface area contributed by atoms with E-state index in [4.69, 9.17) is 0 Å². The molecule has 0 bridgehead atoms. The first-order valence-corrected chi connectivity index (χ1v) is 10.4. The van der Waals surface area contributed by atoms with E-state index in [1.807, 2.05) is 30.3 Å². The number of fused-ring (bicyclic) bond motifs is 2. The maximum Gasteiger partial charge on any atom is 0.225 e. The maximum absolute atomic E-state index is 12.6. The van der Waals surface area contributed by atoms with Gasteiger partial charge in [0.1, 0.15) is 0 Å². The first-order valence-electron chi connectivity index (χ1n) is 8.73. The van der Waals surface area contributed by atoms with Gasteiger partial charge in [0, 0.05) is 23.5 Å². The lowest BCUT2D eigenvalue weighted by atomic mass is 10.1. The Bertz CT molecular complexity index is 1080. The summed E-state index contributed by atoms with van der Waals surface area (Å²) < 4.78 is 25.1. The minimum Gasteiger partial charge on any atom is -0.361 e. The number of anilines is 1. The van der Waals surface area contributed by atoms with Gasteiger partial charge in [0.2, 0.25) is 5.91 Å². The summed E-state index contributed by atoms with van der Waals surface area (Å²) in [4.78, 5) is 15.7. The summed E-state index contributed by atoms with van der Waals surface area (Å²) >= 11 is 0. The third kappa shape index (κ3) is 3.24. The number of aromatic amines is 1. The van der Waals surface area contributed by atoms with E-state index in [-0.39, 0.29) is 18.1 Å². The SMILES string of the molecule is O=C(CCS(=O)(=O)c1ccc2c(c1)CCC2)Nc1cccc2[nH]ccc12. The van der Waals surface area contributed by atoms with Crippen molar-refractivity contribution in [3.05, 3.63) is 59.8 Å². The summed E-state index contributed by atoms with van der Waals surface area (Å²) in [6.07, 6.45) is 4.76. The van der Waals surface area contributed by atoms with Gasteiger partial charge in [0.25, 0.3) is 0 Å². The monoisotopic (exact) mass is 368 g/mol. The second-order valence-electron chi connectivity index (χ2n) is 6.65. The van der Waals surface area contributed by atoms with Gasteiger partial charge in [-0.05, 0) is 60.7 Å². The van der Waals surface area contributed by atoms with Gasteiger partial charge in [-0.2, -0.15) is 0 Å². The minimum atomic E-state index is -3.47.